The van der Waals surface area contributed by atoms with Crippen molar-refractivity contribution in [3.63, 3.8) is 0 Å². The Morgan fingerprint density at radius 3 is 2.55 bits per heavy atom. The summed E-state index contributed by atoms with van der Waals surface area (Å²) in [6.45, 7) is 2.02. The predicted octanol–water partition coefficient (Wildman–Crippen LogP) is 4.25. The molecule has 0 spiro atoms. The molecule has 1 aromatic heterocycles. The third-order valence-electron chi connectivity index (χ3n) is 3.04. The van der Waals surface area contributed by atoms with Crippen molar-refractivity contribution in [2.45, 2.75) is 25.5 Å². The molecule has 2 atom stereocenters. The third kappa shape index (κ3) is 3.63. The summed E-state index contributed by atoms with van der Waals surface area (Å²) in [6.07, 6.45) is 3.92. The maximum atomic E-state index is 6.16. The molecule has 0 bridgehead atoms. The Morgan fingerprint density at radius 2 is 1.90 bits per heavy atom. The molecule has 0 amide bonds. The SMILES string of the molecule is CCC(N)C(Oc1cc(Cl)ccc1Cl)c1ccncc1. The molecule has 1 heterocycles. The van der Waals surface area contributed by atoms with E-state index in [-0.39, 0.29) is 12.1 Å². The Morgan fingerprint density at radius 1 is 1.20 bits per heavy atom. The lowest BCUT2D eigenvalue weighted by Crippen LogP contribution is -2.31. The van der Waals surface area contributed by atoms with Gasteiger partial charge in [-0.15, -0.1) is 0 Å². The Hall–Kier alpha value is -1.29. The molecule has 0 aliphatic heterocycles. The van der Waals surface area contributed by atoms with Gasteiger partial charge in [0.15, 0.2) is 0 Å². The second kappa shape index (κ2) is 6.93. The minimum absolute atomic E-state index is 0.146. The lowest BCUT2D eigenvalue weighted by atomic mass is 10.0. The zero-order valence-electron chi connectivity index (χ0n) is 11.1. The maximum Gasteiger partial charge on any atom is 0.140 e. The van der Waals surface area contributed by atoms with Gasteiger partial charge in [-0.2, -0.15) is 0 Å². The van der Waals surface area contributed by atoms with E-state index in [1.54, 1.807) is 30.6 Å². The van der Waals surface area contributed by atoms with Crippen LogP contribution in [0.1, 0.15) is 25.0 Å². The number of hydrogen-bond donors (Lipinski definition) is 1. The van der Waals surface area contributed by atoms with Crippen molar-refractivity contribution < 1.29 is 4.74 Å². The molecule has 1 aromatic carbocycles. The number of nitrogens with zero attached hydrogens (tertiary/aromatic N) is 1. The van der Waals surface area contributed by atoms with Crippen LogP contribution in [0.25, 0.3) is 0 Å². The van der Waals surface area contributed by atoms with Crippen LogP contribution in [-0.2, 0) is 0 Å². The van der Waals surface area contributed by atoms with Gasteiger partial charge in [0, 0.05) is 29.5 Å². The second-order valence-corrected chi connectivity index (χ2v) is 5.31. The van der Waals surface area contributed by atoms with Crippen molar-refractivity contribution in [2.75, 3.05) is 0 Å². The fourth-order valence-corrected chi connectivity index (χ4v) is 2.20. The molecule has 0 aliphatic rings. The molecular weight excluding hydrogens is 295 g/mol. The van der Waals surface area contributed by atoms with Crippen LogP contribution in [0.4, 0.5) is 0 Å². The molecule has 2 unspecified atom stereocenters. The summed E-state index contributed by atoms with van der Waals surface area (Å²) in [4.78, 5) is 4.01. The molecule has 0 radical (unpaired) electrons. The molecule has 20 heavy (non-hydrogen) atoms. The van der Waals surface area contributed by atoms with E-state index in [1.807, 2.05) is 19.1 Å². The predicted molar refractivity (Wildman–Crippen MR) is 82.3 cm³/mol. The molecule has 106 valence electrons. The summed E-state index contributed by atoms with van der Waals surface area (Å²) >= 11 is 12.1. The molecule has 2 aromatic rings. The number of halogens is 2. The largest absolute Gasteiger partial charge is 0.482 e. The van der Waals surface area contributed by atoms with Gasteiger partial charge in [-0.25, -0.2) is 0 Å². The number of ether oxygens (including phenoxy) is 1. The third-order valence-corrected chi connectivity index (χ3v) is 3.59. The number of pyridine rings is 1. The van der Waals surface area contributed by atoms with Crippen molar-refractivity contribution in [3.8, 4) is 5.75 Å². The summed E-state index contributed by atoms with van der Waals surface area (Å²) in [6, 6.07) is 8.75. The first-order chi connectivity index (χ1) is 9.61. The zero-order chi connectivity index (χ0) is 14.5. The Labute approximate surface area is 128 Å². The molecular formula is C15H16Cl2N2O. The Balaban J connectivity index is 2.31. The van der Waals surface area contributed by atoms with Gasteiger partial charge >= 0.3 is 0 Å². The summed E-state index contributed by atoms with van der Waals surface area (Å²) < 4.78 is 6.00. The molecule has 2 N–H and O–H groups in total. The van der Waals surface area contributed by atoms with E-state index in [1.165, 1.54) is 0 Å². The monoisotopic (exact) mass is 310 g/mol. The molecule has 5 heteroatoms. The van der Waals surface area contributed by atoms with Gasteiger partial charge in [-0.1, -0.05) is 30.1 Å². The molecule has 3 nitrogen and oxygen atoms in total. The van der Waals surface area contributed by atoms with Crippen LogP contribution < -0.4 is 10.5 Å². The molecule has 0 saturated carbocycles. The van der Waals surface area contributed by atoms with Gasteiger partial charge in [0.25, 0.3) is 0 Å². The molecule has 0 saturated heterocycles. The highest BCUT2D eigenvalue weighted by molar-refractivity contribution is 6.34. The number of hydrogen-bond acceptors (Lipinski definition) is 3. The van der Waals surface area contributed by atoms with E-state index in [4.69, 9.17) is 33.7 Å². The fraction of sp³-hybridized carbons (Fsp3) is 0.267. The van der Waals surface area contributed by atoms with Crippen LogP contribution in [0.3, 0.4) is 0 Å². The first kappa shape index (κ1) is 15.1. The lowest BCUT2D eigenvalue weighted by Gasteiger charge is -2.25. The van der Waals surface area contributed by atoms with Crippen LogP contribution in [-0.4, -0.2) is 11.0 Å². The second-order valence-electron chi connectivity index (χ2n) is 4.47. The van der Waals surface area contributed by atoms with Gasteiger partial charge in [-0.3, -0.25) is 4.98 Å². The van der Waals surface area contributed by atoms with Crippen molar-refractivity contribution in [2.24, 2.45) is 5.73 Å². The van der Waals surface area contributed by atoms with Crippen LogP contribution in [0.5, 0.6) is 5.75 Å². The quantitative estimate of drug-likeness (QED) is 0.898. The number of nitrogens with two attached hydrogens (primary N) is 1. The topological polar surface area (TPSA) is 48.1 Å². The maximum absolute atomic E-state index is 6.16. The standard InChI is InChI=1S/C15H16Cl2N2O/c1-2-13(18)15(10-5-7-19-8-6-10)20-14-9-11(16)3-4-12(14)17/h3-9,13,15H,2,18H2,1H3. The summed E-state index contributed by atoms with van der Waals surface area (Å²) in [5, 5.41) is 1.08. The number of rotatable bonds is 5. The Bertz CT molecular complexity index is 563. The van der Waals surface area contributed by atoms with Crippen molar-refractivity contribution in [1.29, 1.82) is 0 Å². The minimum atomic E-state index is -0.293. The highest BCUT2D eigenvalue weighted by Crippen LogP contribution is 2.32. The number of aromatic nitrogens is 1. The van der Waals surface area contributed by atoms with E-state index in [2.05, 4.69) is 4.98 Å². The molecule has 0 fully saturated rings. The molecule has 2 rings (SSSR count). The van der Waals surface area contributed by atoms with Gasteiger partial charge in [-0.05, 0) is 36.2 Å². The van der Waals surface area contributed by atoms with Crippen molar-refractivity contribution >= 4 is 23.2 Å². The highest BCUT2D eigenvalue weighted by Gasteiger charge is 2.21. The Kier molecular flexibility index (Phi) is 5.24. The van der Waals surface area contributed by atoms with Crippen LogP contribution in [0, 0.1) is 0 Å². The lowest BCUT2D eigenvalue weighted by molar-refractivity contribution is 0.171. The summed E-state index contributed by atoms with van der Waals surface area (Å²) in [5.41, 5.74) is 7.13. The zero-order valence-corrected chi connectivity index (χ0v) is 12.6. The summed E-state index contributed by atoms with van der Waals surface area (Å²) in [7, 11) is 0. The van der Waals surface area contributed by atoms with Crippen LogP contribution in [0.2, 0.25) is 10.0 Å². The van der Waals surface area contributed by atoms with Crippen LogP contribution in [0.15, 0.2) is 42.7 Å². The first-order valence-electron chi connectivity index (χ1n) is 6.39. The van der Waals surface area contributed by atoms with E-state index >= 15 is 0 Å². The normalized spacial score (nSPS) is 13.8. The van der Waals surface area contributed by atoms with E-state index in [9.17, 15) is 0 Å². The average molecular weight is 311 g/mol. The fourth-order valence-electron chi connectivity index (χ4n) is 1.87. The van der Waals surface area contributed by atoms with Crippen molar-refractivity contribution in [1.82, 2.24) is 4.98 Å². The number of benzene rings is 1. The van der Waals surface area contributed by atoms with Crippen LogP contribution >= 0.6 is 23.2 Å². The van der Waals surface area contributed by atoms with Crippen molar-refractivity contribution in [3.05, 3.63) is 58.3 Å². The average Bonchev–Trinajstić information content (AvgIpc) is 2.48. The molecule has 0 aliphatic carbocycles. The first-order valence-corrected chi connectivity index (χ1v) is 7.14. The summed E-state index contributed by atoms with van der Waals surface area (Å²) in [5.74, 6) is 0.532. The van der Waals surface area contributed by atoms with Gasteiger partial charge in [0.05, 0.1) is 5.02 Å². The van der Waals surface area contributed by atoms with E-state index in [0.717, 1.165) is 12.0 Å². The van der Waals surface area contributed by atoms with Gasteiger partial charge in [0.1, 0.15) is 11.9 Å². The van der Waals surface area contributed by atoms with Gasteiger partial charge in [0.2, 0.25) is 0 Å². The van der Waals surface area contributed by atoms with E-state index < -0.39 is 0 Å². The smallest absolute Gasteiger partial charge is 0.140 e. The van der Waals surface area contributed by atoms with Gasteiger partial charge < -0.3 is 10.5 Å². The highest BCUT2D eigenvalue weighted by atomic mass is 35.5. The minimum Gasteiger partial charge on any atom is -0.482 e. The van der Waals surface area contributed by atoms with E-state index in [0.29, 0.717) is 15.8 Å².